The second kappa shape index (κ2) is 7.41. The lowest BCUT2D eigenvalue weighted by molar-refractivity contribution is -0.197. The second-order valence-electron chi connectivity index (χ2n) is 8.09. The monoisotopic (exact) mass is 327 g/mol. The second-order valence-corrected chi connectivity index (χ2v) is 8.09. The number of nitrogens with zero attached hydrogens (tertiary/aromatic N) is 1. The molecule has 1 spiro atoms. The summed E-state index contributed by atoms with van der Waals surface area (Å²) in [4.78, 5) is 1.89. The van der Waals surface area contributed by atoms with E-state index in [9.17, 15) is 5.11 Å². The van der Waals surface area contributed by atoms with Gasteiger partial charge in [0.15, 0.2) is 5.79 Å². The van der Waals surface area contributed by atoms with E-state index in [2.05, 4.69) is 20.8 Å². The fourth-order valence-corrected chi connectivity index (χ4v) is 3.76. The zero-order valence-corrected chi connectivity index (χ0v) is 15.0. The molecule has 1 saturated carbocycles. The summed E-state index contributed by atoms with van der Waals surface area (Å²) in [5.41, 5.74) is 0.348. The maximum absolute atomic E-state index is 9.44. The van der Waals surface area contributed by atoms with Gasteiger partial charge >= 0.3 is 0 Å². The maximum Gasteiger partial charge on any atom is 0.169 e. The normalized spacial score (nSPS) is 32.5. The van der Waals surface area contributed by atoms with E-state index in [0.717, 1.165) is 31.6 Å². The van der Waals surface area contributed by atoms with E-state index in [0.29, 0.717) is 25.1 Å². The standard InChI is InChI=1S/C18H33NO4/c1-14(21)11-19(9-10-20)12-16-13-22-18(23-16)7-5-15(6-8-18)17(2,3)4/h11,15-16,20-21H,5-10,12-13H2,1-4H3/b14-11-. The van der Waals surface area contributed by atoms with Gasteiger partial charge in [0.1, 0.15) is 11.9 Å². The molecule has 0 aromatic rings. The summed E-state index contributed by atoms with van der Waals surface area (Å²) in [5, 5.41) is 18.6. The molecule has 2 rings (SSSR count). The Labute approximate surface area is 140 Å². The average Bonchev–Trinajstić information content (AvgIpc) is 2.80. The van der Waals surface area contributed by atoms with Gasteiger partial charge in [-0.25, -0.2) is 0 Å². The Hall–Kier alpha value is -0.780. The van der Waals surface area contributed by atoms with Crippen molar-refractivity contribution in [1.82, 2.24) is 4.90 Å². The Balaban J connectivity index is 1.87. The highest BCUT2D eigenvalue weighted by Crippen LogP contribution is 2.45. The zero-order chi connectivity index (χ0) is 17.1. The van der Waals surface area contributed by atoms with Gasteiger partial charge in [-0.1, -0.05) is 20.8 Å². The minimum atomic E-state index is -0.407. The van der Waals surface area contributed by atoms with Crippen molar-refractivity contribution in [2.75, 3.05) is 26.3 Å². The number of ether oxygens (including phenoxy) is 2. The van der Waals surface area contributed by atoms with E-state index in [1.807, 2.05) is 4.90 Å². The number of aliphatic hydroxyl groups is 2. The lowest BCUT2D eigenvalue weighted by atomic mass is 9.71. The Morgan fingerprint density at radius 1 is 1.30 bits per heavy atom. The van der Waals surface area contributed by atoms with E-state index in [1.165, 1.54) is 0 Å². The topological polar surface area (TPSA) is 62.2 Å². The molecule has 1 aliphatic carbocycles. The first kappa shape index (κ1) is 18.6. The van der Waals surface area contributed by atoms with Gasteiger partial charge in [-0.2, -0.15) is 0 Å². The first-order valence-corrected chi connectivity index (χ1v) is 8.78. The van der Waals surface area contributed by atoms with E-state index < -0.39 is 5.79 Å². The Morgan fingerprint density at radius 2 is 1.96 bits per heavy atom. The molecule has 1 saturated heterocycles. The van der Waals surface area contributed by atoms with Crippen LogP contribution in [0.4, 0.5) is 0 Å². The summed E-state index contributed by atoms with van der Waals surface area (Å²) < 4.78 is 12.3. The molecule has 5 nitrogen and oxygen atoms in total. The molecular weight excluding hydrogens is 294 g/mol. The third-order valence-corrected chi connectivity index (χ3v) is 5.08. The summed E-state index contributed by atoms with van der Waals surface area (Å²) >= 11 is 0. The van der Waals surface area contributed by atoms with E-state index in [4.69, 9.17) is 14.6 Å². The fourth-order valence-electron chi connectivity index (χ4n) is 3.76. The van der Waals surface area contributed by atoms with Gasteiger partial charge < -0.3 is 24.6 Å². The minimum absolute atomic E-state index is 0.0108. The summed E-state index contributed by atoms with van der Waals surface area (Å²) in [6, 6.07) is 0. The van der Waals surface area contributed by atoms with Crippen LogP contribution in [0, 0.1) is 11.3 Å². The largest absolute Gasteiger partial charge is 0.511 e. The minimum Gasteiger partial charge on any atom is -0.511 e. The quantitative estimate of drug-likeness (QED) is 0.760. The molecule has 1 unspecified atom stereocenters. The molecule has 2 N–H and O–H groups in total. The zero-order valence-electron chi connectivity index (χ0n) is 15.0. The van der Waals surface area contributed by atoms with Crippen molar-refractivity contribution in [3.63, 3.8) is 0 Å². The van der Waals surface area contributed by atoms with Crippen molar-refractivity contribution >= 4 is 0 Å². The van der Waals surface area contributed by atoms with Gasteiger partial charge in [-0.3, -0.25) is 0 Å². The SMILES string of the molecule is C/C(O)=C/N(CCO)CC1COC2(CCC(C(C)(C)C)CC2)O1. The third kappa shape index (κ3) is 5.10. The first-order valence-electron chi connectivity index (χ1n) is 8.78. The van der Waals surface area contributed by atoms with Crippen LogP contribution in [0.3, 0.4) is 0 Å². The lowest BCUT2D eigenvalue weighted by Crippen LogP contribution is -2.40. The molecule has 2 fully saturated rings. The average molecular weight is 327 g/mol. The highest BCUT2D eigenvalue weighted by Gasteiger charge is 2.46. The molecule has 1 heterocycles. The van der Waals surface area contributed by atoms with E-state index in [-0.39, 0.29) is 18.5 Å². The molecule has 0 radical (unpaired) electrons. The smallest absolute Gasteiger partial charge is 0.169 e. The van der Waals surface area contributed by atoms with Gasteiger partial charge in [-0.05, 0) is 31.1 Å². The number of hydrogen-bond acceptors (Lipinski definition) is 5. The van der Waals surface area contributed by atoms with Crippen LogP contribution in [0.25, 0.3) is 0 Å². The summed E-state index contributed by atoms with van der Waals surface area (Å²) in [5.74, 6) is 0.554. The van der Waals surface area contributed by atoms with E-state index >= 15 is 0 Å². The summed E-state index contributed by atoms with van der Waals surface area (Å²) in [6.07, 6.45) is 5.85. The molecule has 1 atom stereocenters. The molecule has 1 aliphatic heterocycles. The number of rotatable bonds is 5. The Kier molecular flexibility index (Phi) is 5.98. The van der Waals surface area contributed by atoms with Crippen molar-refractivity contribution < 1.29 is 19.7 Å². The van der Waals surface area contributed by atoms with Gasteiger partial charge in [-0.15, -0.1) is 0 Å². The van der Waals surface area contributed by atoms with Crippen molar-refractivity contribution in [2.24, 2.45) is 11.3 Å². The van der Waals surface area contributed by atoms with Crippen molar-refractivity contribution in [3.05, 3.63) is 12.0 Å². The van der Waals surface area contributed by atoms with Crippen molar-refractivity contribution in [2.45, 2.75) is 65.3 Å². The molecule has 2 aliphatic rings. The van der Waals surface area contributed by atoms with Gasteiger partial charge in [0.25, 0.3) is 0 Å². The lowest BCUT2D eigenvalue weighted by Gasteiger charge is -2.41. The maximum atomic E-state index is 9.44. The van der Waals surface area contributed by atoms with Gasteiger partial charge in [0.2, 0.25) is 0 Å². The highest BCUT2D eigenvalue weighted by molar-refractivity contribution is 4.92. The van der Waals surface area contributed by atoms with Crippen LogP contribution >= 0.6 is 0 Å². The molecule has 0 aromatic heterocycles. The molecule has 5 heteroatoms. The number of aliphatic hydroxyl groups excluding tert-OH is 2. The van der Waals surface area contributed by atoms with Crippen LogP contribution < -0.4 is 0 Å². The van der Waals surface area contributed by atoms with Crippen LogP contribution in [-0.2, 0) is 9.47 Å². The number of hydrogen-bond donors (Lipinski definition) is 2. The van der Waals surface area contributed by atoms with Gasteiger partial charge in [0, 0.05) is 32.1 Å². The first-order chi connectivity index (χ1) is 10.7. The summed E-state index contributed by atoms with van der Waals surface area (Å²) in [6.45, 7) is 10.3. The third-order valence-electron chi connectivity index (χ3n) is 5.08. The number of allylic oxidation sites excluding steroid dienone is 1. The fraction of sp³-hybridized carbons (Fsp3) is 0.889. The van der Waals surface area contributed by atoms with Crippen molar-refractivity contribution in [3.8, 4) is 0 Å². The van der Waals surface area contributed by atoms with Crippen molar-refractivity contribution in [1.29, 1.82) is 0 Å². The van der Waals surface area contributed by atoms with E-state index in [1.54, 1.807) is 13.1 Å². The molecule has 0 bridgehead atoms. The predicted octanol–water partition coefficient (Wildman–Crippen LogP) is 3.05. The van der Waals surface area contributed by atoms with Crippen LogP contribution in [0.15, 0.2) is 12.0 Å². The Morgan fingerprint density at radius 3 is 2.48 bits per heavy atom. The molecule has 0 amide bonds. The molecule has 0 aromatic carbocycles. The molecular formula is C18H33NO4. The Bertz CT molecular complexity index is 404. The molecule has 134 valence electrons. The van der Waals surface area contributed by atoms with Crippen LogP contribution in [0.1, 0.15) is 53.4 Å². The van der Waals surface area contributed by atoms with Crippen LogP contribution in [0.2, 0.25) is 0 Å². The summed E-state index contributed by atoms with van der Waals surface area (Å²) in [7, 11) is 0. The highest BCUT2D eigenvalue weighted by atomic mass is 16.7. The predicted molar refractivity (Wildman–Crippen MR) is 90.0 cm³/mol. The molecule has 23 heavy (non-hydrogen) atoms. The van der Waals surface area contributed by atoms with Crippen LogP contribution in [-0.4, -0.2) is 53.3 Å². The van der Waals surface area contributed by atoms with Gasteiger partial charge in [0.05, 0.1) is 13.2 Å². The van der Waals surface area contributed by atoms with Crippen LogP contribution in [0.5, 0.6) is 0 Å².